The molecular formula is C25H26N6O5. The molecule has 11 heteroatoms. The number of nitrogens with one attached hydrogen (secondary N) is 1. The van der Waals surface area contributed by atoms with E-state index in [9.17, 15) is 14.4 Å². The van der Waals surface area contributed by atoms with Crippen LogP contribution in [0.4, 0.5) is 5.69 Å². The van der Waals surface area contributed by atoms with Crippen molar-refractivity contribution in [2.45, 2.75) is 46.1 Å². The number of rotatable bonds is 5. The van der Waals surface area contributed by atoms with Crippen LogP contribution in [0.25, 0.3) is 22.7 Å². The lowest BCUT2D eigenvalue weighted by molar-refractivity contribution is -0.143. The standard InChI is InChI=1S/C25H26N6O5/c1-25(2,3)24(34)36-19-18(22(32)27-14-12-26-35-13-14)29-20(30(4)23(19)33)21-28-16-10-5-6-11-17(16)31(21)15-8-7-9-15/h5-6,10-13,15H,7-9H2,1-4H3,(H,27,32). The molecule has 0 atom stereocenters. The number of esters is 1. The molecule has 1 fully saturated rings. The topological polar surface area (TPSA) is 134 Å². The van der Waals surface area contributed by atoms with E-state index in [1.54, 1.807) is 20.8 Å². The third-order valence-corrected chi connectivity index (χ3v) is 6.20. The maximum Gasteiger partial charge on any atom is 0.316 e. The maximum absolute atomic E-state index is 13.5. The van der Waals surface area contributed by atoms with Crippen molar-refractivity contribution in [1.29, 1.82) is 0 Å². The van der Waals surface area contributed by atoms with Crippen molar-refractivity contribution >= 4 is 28.6 Å². The molecular weight excluding hydrogens is 464 g/mol. The lowest BCUT2D eigenvalue weighted by Crippen LogP contribution is -2.33. The minimum atomic E-state index is -0.913. The van der Waals surface area contributed by atoms with Crippen molar-refractivity contribution in [2.24, 2.45) is 12.5 Å². The number of anilines is 1. The summed E-state index contributed by atoms with van der Waals surface area (Å²) >= 11 is 0. The van der Waals surface area contributed by atoms with E-state index in [1.807, 2.05) is 24.3 Å². The Balaban J connectivity index is 1.71. The summed E-state index contributed by atoms with van der Waals surface area (Å²) in [6.07, 6.45) is 5.58. The fraction of sp³-hybridized carbons (Fsp3) is 0.360. The van der Waals surface area contributed by atoms with E-state index in [1.165, 1.54) is 24.1 Å². The highest BCUT2D eigenvalue weighted by molar-refractivity contribution is 6.05. The Hall–Kier alpha value is -4.28. The minimum Gasteiger partial charge on any atom is -0.418 e. The number of imidazole rings is 1. The molecule has 36 heavy (non-hydrogen) atoms. The van der Waals surface area contributed by atoms with E-state index in [0.717, 1.165) is 30.3 Å². The van der Waals surface area contributed by atoms with Crippen LogP contribution in [0.3, 0.4) is 0 Å². The lowest BCUT2D eigenvalue weighted by atomic mass is 9.92. The average molecular weight is 491 g/mol. The molecule has 0 aliphatic heterocycles. The molecule has 0 radical (unpaired) electrons. The second-order valence-corrected chi connectivity index (χ2v) is 9.86. The summed E-state index contributed by atoms with van der Waals surface area (Å²) in [5, 5.41) is 6.14. The van der Waals surface area contributed by atoms with Gasteiger partial charge in [-0.3, -0.25) is 19.0 Å². The number of aromatic nitrogens is 5. The molecule has 0 spiro atoms. The number of hydrogen-bond acceptors (Lipinski definition) is 8. The Labute approximate surface area is 206 Å². The largest absolute Gasteiger partial charge is 0.418 e. The van der Waals surface area contributed by atoms with E-state index in [4.69, 9.17) is 14.2 Å². The van der Waals surface area contributed by atoms with Gasteiger partial charge >= 0.3 is 5.97 Å². The third kappa shape index (κ3) is 4.06. The molecule has 0 saturated heterocycles. The zero-order valence-electron chi connectivity index (χ0n) is 20.4. The molecule has 1 N–H and O–H groups in total. The Morgan fingerprint density at radius 3 is 2.53 bits per heavy atom. The molecule has 4 aromatic rings. The van der Waals surface area contributed by atoms with Gasteiger partial charge in [-0.15, -0.1) is 0 Å². The third-order valence-electron chi connectivity index (χ3n) is 6.20. The van der Waals surface area contributed by atoms with Crippen molar-refractivity contribution < 1.29 is 18.8 Å². The van der Waals surface area contributed by atoms with E-state index in [2.05, 4.69) is 20.0 Å². The van der Waals surface area contributed by atoms with Gasteiger partial charge in [-0.2, -0.15) is 0 Å². The van der Waals surface area contributed by atoms with Crippen molar-refractivity contribution in [3.8, 4) is 17.4 Å². The van der Waals surface area contributed by atoms with Gasteiger partial charge in [0.1, 0.15) is 12.0 Å². The van der Waals surface area contributed by atoms with Crippen LogP contribution < -0.4 is 15.6 Å². The molecule has 1 aliphatic rings. The van der Waals surface area contributed by atoms with Gasteiger partial charge in [0.05, 0.1) is 22.6 Å². The summed E-state index contributed by atoms with van der Waals surface area (Å²) in [7, 11) is 1.52. The predicted octanol–water partition coefficient (Wildman–Crippen LogP) is 3.71. The first-order chi connectivity index (χ1) is 17.1. The van der Waals surface area contributed by atoms with Gasteiger partial charge < -0.3 is 19.1 Å². The van der Waals surface area contributed by atoms with Gasteiger partial charge in [-0.05, 0) is 52.2 Å². The molecule has 0 unspecified atom stereocenters. The summed E-state index contributed by atoms with van der Waals surface area (Å²) in [5.74, 6) is -1.22. The first kappa shape index (κ1) is 23.5. The maximum atomic E-state index is 13.5. The van der Waals surface area contributed by atoms with Crippen LogP contribution in [0.1, 0.15) is 56.6 Å². The zero-order valence-corrected chi connectivity index (χ0v) is 20.4. The molecule has 11 nitrogen and oxygen atoms in total. The normalized spacial score (nSPS) is 14.0. The summed E-state index contributed by atoms with van der Waals surface area (Å²) in [4.78, 5) is 48.8. The van der Waals surface area contributed by atoms with Crippen LogP contribution in [0, 0.1) is 5.41 Å². The minimum absolute atomic E-state index is 0.189. The van der Waals surface area contributed by atoms with E-state index < -0.39 is 28.6 Å². The number of carbonyl (C=O) groups excluding carboxylic acids is 2. The number of carbonyl (C=O) groups is 2. The Morgan fingerprint density at radius 1 is 1.14 bits per heavy atom. The molecule has 1 aliphatic carbocycles. The van der Waals surface area contributed by atoms with Crippen LogP contribution in [0.5, 0.6) is 5.75 Å². The molecule has 3 aromatic heterocycles. The van der Waals surface area contributed by atoms with Gasteiger partial charge in [0.25, 0.3) is 11.5 Å². The van der Waals surface area contributed by atoms with Gasteiger partial charge in [0.2, 0.25) is 5.75 Å². The molecule has 0 bridgehead atoms. The van der Waals surface area contributed by atoms with E-state index in [0.29, 0.717) is 5.82 Å². The van der Waals surface area contributed by atoms with Crippen molar-refractivity contribution in [3.63, 3.8) is 0 Å². The second kappa shape index (κ2) is 8.74. The number of para-hydroxylation sites is 2. The number of amides is 1. The predicted molar refractivity (Wildman–Crippen MR) is 131 cm³/mol. The number of nitrogens with zero attached hydrogens (tertiary/aromatic N) is 5. The molecule has 1 saturated carbocycles. The highest BCUT2D eigenvalue weighted by Crippen LogP contribution is 2.38. The molecule has 1 amide bonds. The quantitative estimate of drug-likeness (QED) is 0.419. The average Bonchev–Trinajstić information content (AvgIpc) is 3.43. The Kier molecular flexibility index (Phi) is 5.70. The Morgan fingerprint density at radius 2 is 1.89 bits per heavy atom. The first-order valence-electron chi connectivity index (χ1n) is 11.7. The number of benzene rings is 1. The summed E-state index contributed by atoms with van der Waals surface area (Å²) in [6.45, 7) is 4.96. The van der Waals surface area contributed by atoms with Crippen LogP contribution in [-0.4, -0.2) is 36.1 Å². The first-order valence-corrected chi connectivity index (χ1v) is 11.7. The van der Waals surface area contributed by atoms with Gasteiger partial charge in [0.15, 0.2) is 17.3 Å². The van der Waals surface area contributed by atoms with E-state index in [-0.39, 0.29) is 23.2 Å². The smallest absolute Gasteiger partial charge is 0.316 e. The number of fused-ring (bicyclic) bond motifs is 1. The van der Waals surface area contributed by atoms with Crippen molar-refractivity contribution in [1.82, 2.24) is 24.3 Å². The Bertz CT molecular complexity index is 1520. The highest BCUT2D eigenvalue weighted by atomic mass is 16.5. The molecule has 3 heterocycles. The van der Waals surface area contributed by atoms with Gasteiger partial charge in [-0.25, -0.2) is 9.97 Å². The SMILES string of the molecule is Cn1c(-c2nc3ccccc3n2C2CCC2)nc(C(=O)Nc2cnoc2)c(OC(=O)C(C)(C)C)c1=O. The van der Waals surface area contributed by atoms with Gasteiger partial charge in [-0.1, -0.05) is 17.3 Å². The molecule has 1 aromatic carbocycles. The highest BCUT2D eigenvalue weighted by Gasteiger charge is 2.32. The molecule has 5 rings (SSSR count). The van der Waals surface area contributed by atoms with Crippen LogP contribution >= 0.6 is 0 Å². The van der Waals surface area contributed by atoms with Crippen LogP contribution in [0.15, 0.2) is 46.0 Å². The molecule has 186 valence electrons. The summed E-state index contributed by atoms with van der Waals surface area (Å²) < 4.78 is 13.6. The monoisotopic (exact) mass is 490 g/mol. The van der Waals surface area contributed by atoms with Crippen LogP contribution in [-0.2, 0) is 11.8 Å². The van der Waals surface area contributed by atoms with E-state index >= 15 is 0 Å². The number of hydrogen-bond donors (Lipinski definition) is 1. The summed E-state index contributed by atoms with van der Waals surface area (Å²) in [6, 6.07) is 7.90. The summed E-state index contributed by atoms with van der Waals surface area (Å²) in [5.41, 5.74) is 0.0140. The van der Waals surface area contributed by atoms with Crippen molar-refractivity contribution in [3.05, 3.63) is 52.8 Å². The van der Waals surface area contributed by atoms with Gasteiger partial charge in [0, 0.05) is 13.1 Å². The fourth-order valence-electron chi connectivity index (χ4n) is 3.95. The zero-order chi connectivity index (χ0) is 25.6. The van der Waals surface area contributed by atoms with Crippen LogP contribution in [0.2, 0.25) is 0 Å². The van der Waals surface area contributed by atoms with Crippen molar-refractivity contribution in [2.75, 3.05) is 5.32 Å². The second-order valence-electron chi connectivity index (χ2n) is 9.86. The number of ether oxygens (including phenoxy) is 1. The lowest BCUT2D eigenvalue weighted by Gasteiger charge is -2.29. The fourth-order valence-corrected chi connectivity index (χ4v) is 3.95.